The molecule has 8 heteroatoms. The smallest absolute Gasteiger partial charge is 0.268 e. The molecule has 1 aliphatic heterocycles. The van der Waals surface area contributed by atoms with Gasteiger partial charge in [0.25, 0.3) is 15.0 Å². The first-order valence-corrected chi connectivity index (χ1v) is 9.19. The van der Waals surface area contributed by atoms with Gasteiger partial charge in [-0.15, -0.1) is 0 Å². The lowest BCUT2D eigenvalue weighted by Crippen LogP contribution is -2.41. The molecule has 1 aliphatic rings. The number of ether oxygens (including phenoxy) is 1. The van der Waals surface area contributed by atoms with E-state index in [2.05, 4.69) is 5.32 Å². The van der Waals surface area contributed by atoms with Crippen LogP contribution in [0.15, 0.2) is 17.2 Å². The summed E-state index contributed by atoms with van der Waals surface area (Å²) in [5.74, 6) is -0.289. The van der Waals surface area contributed by atoms with Gasteiger partial charge in [-0.1, -0.05) is 0 Å². The average Bonchev–Trinajstić information content (AvgIpc) is 2.82. The molecule has 118 valence electrons. The van der Waals surface area contributed by atoms with Crippen molar-refractivity contribution in [2.24, 2.45) is 0 Å². The number of amides is 1. The molecule has 1 amide bonds. The molecule has 6 nitrogen and oxygen atoms in total. The first-order chi connectivity index (χ1) is 9.81. The van der Waals surface area contributed by atoms with Crippen LogP contribution in [0.1, 0.15) is 37.2 Å². The van der Waals surface area contributed by atoms with Crippen LogP contribution in [0.5, 0.6) is 0 Å². The van der Waals surface area contributed by atoms with Gasteiger partial charge >= 0.3 is 0 Å². The van der Waals surface area contributed by atoms with E-state index in [0.29, 0.717) is 18.8 Å². The van der Waals surface area contributed by atoms with Crippen molar-refractivity contribution in [1.82, 2.24) is 9.88 Å². The largest absolute Gasteiger partial charge is 0.378 e. The maximum absolute atomic E-state index is 12.3. The maximum atomic E-state index is 12.3. The number of rotatable bonds is 4. The summed E-state index contributed by atoms with van der Waals surface area (Å²) in [6, 6.07) is 1.35. The molecule has 0 aliphatic carbocycles. The van der Waals surface area contributed by atoms with Gasteiger partial charge in [-0.25, -0.2) is 8.42 Å². The van der Waals surface area contributed by atoms with Gasteiger partial charge in [-0.05, 0) is 32.8 Å². The van der Waals surface area contributed by atoms with E-state index in [1.165, 1.54) is 12.3 Å². The Bertz CT molecular complexity index is 626. The second-order valence-electron chi connectivity index (χ2n) is 5.16. The number of aryl methyl sites for hydroxylation is 1. The topological polar surface area (TPSA) is 77.4 Å². The molecule has 0 saturated carbocycles. The Morgan fingerprint density at radius 3 is 2.86 bits per heavy atom. The standard InChI is InChI=1S/C13H19ClN2O4S/c1-3-16-8-11(21(14,18)19)7-12(16)13(17)15-10-4-5-20-9(2)6-10/h7-10H,3-6H2,1-2H3,(H,15,17). The summed E-state index contributed by atoms with van der Waals surface area (Å²) in [7, 11) is 1.49. The molecule has 1 N–H and O–H groups in total. The number of carbonyl (C=O) groups excluding carboxylic acids is 1. The second-order valence-corrected chi connectivity index (χ2v) is 7.73. The van der Waals surface area contributed by atoms with Crippen LogP contribution < -0.4 is 5.32 Å². The van der Waals surface area contributed by atoms with Crippen LogP contribution in [-0.4, -0.2) is 37.6 Å². The number of nitrogens with one attached hydrogen (secondary N) is 1. The number of aromatic nitrogens is 1. The summed E-state index contributed by atoms with van der Waals surface area (Å²) in [4.78, 5) is 12.3. The molecule has 1 saturated heterocycles. The highest BCUT2D eigenvalue weighted by Crippen LogP contribution is 2.20. The number of hydrogen-bond donors (Lipinski definition) is 1. The zero-order valence-electron chi connectivity index (χ0n) is 12.0. The molecule has 2 rings (SSSR count). The molecule has 2 unspecified atom stereocenters. The number of carbonyl (C=O) groups is 1. The molecule has 0 aromatic carbocycles. The van der Waals surface area contributed by atoms with Gasteiger partial charge in [0.05, 0.1) is 6.10 Å². The monoisotopic (exact) mass is 334 g/mol. The third-order valence-electron chi connectivity index (χ3n) is 3.55. The van der Waals surface area contributed by atoms with Crippen LogP contribution in [0.4, 0.5) is 0 Å². The summed E-state index contributed by atoms with van der Waals surface area (Å²) >= 11 is 0. The minimum atomic E-state index is -3.84. The quantitative estimate of drug-likeness (QED) is 0.851. The molecule has 1 aromatic heterocycles. The molecule has 21 heavy (non-hydrogen) atoms. The number of halogens is 1. The number of hydrogen-bond acceptors (Lipinski definition) is 4. The Labute approximate surface area is 128 Å². The minimum Gasteiger partial charge on any atom is -0.378 e. The van der Waals surface area contributed by atoms with Crippen LogP contribution in [0, 0.1) is 0 Å². The van der Waals surface area contributed by atoms with E-state index in [0.717, 1.165) is 12.8 Å². The third-order valence-corrected chi connectivity index (χ3v) is 4.87. The fourth-order valence-electron chi connectivity index (χ4n) is 2.46. The first-order valence-electron chi connectivity index (χ1n) is 6.88. The molecule has 1 aromatic rings. The summed E-state index contributed by atoms with van der Waals surface area (Å²) < 4.78 is 29.8. The van der Waals surface area contributed by atoms with Gasteiger partial charge in [0.2, 0.25) is 0 Å². The van der Waals surface area contributed by atoms with E-state index >= 15 is 0 Å². The van der Waals surface area contributed by atoms with Crippen molar-refractivity contribution >= 4 is 25.6 Å². The van der Waals surface area contributed by atoms with Crippen molar-refractivity contribution in [1.29, 1.82) is 0 Å². The van der Waals surface area contributed by atoms with E-state index in [-0.39, 0.29) is 22.9 Å². The van der Waals surface area contributed by atoms with Crippen LogP contribution in [-0.2, 0) is 20.3 Å². The van der Waals surface area contributed by atoms with Crippen molar-refractivity contribution in [3.05, 3.63) is 18.0 Å². The van der Waals surface area contributed by atoms with Crippen molar-refractivity contribution in [2.45, 2.75) is 50.3 Å². The SMILES string of the molecule is CCn1cc(S(=O)(=O)Cl)cc1C(=O)NC1CCOC(C)C1. The lowest BCUT2D eigenvalue weighted by molar-refractivity contribution is 0.0136. The van der Waals surface area contributed by atoms with E-state index in [1.807, 2.05) is 13.8 Å². The predicted octanol–water partition coefficient (Wildman–Crippen LogP) is 1.73. The Morgan fingerprint density at radius 1 is 1.57 bits per heavy atom. The van der Waals surface area contributed by atoms with Gasteiger partial charge < -0.3 is 14.6 Å². The third kappa shape index (κ3) is 3.99. The van der Waals surface area contributed by atoms with Crippen LogP contribution in [0.3, 0.4) is 0 Å². The Morgan fingerprint density at radius 2 is 2.29 bits per heavy atom. The second kappa shape index (κ2) is 6.37. The fraction of sp³-hybridized carbons (Fsp3) is 0.615. The summed E-state index contributed by atoms with van der Waals surface area (Å²) in [5.41, 5.74) is 0.302. The van der Waals surface area contributed by atoms with Crippen LogP contribution in [0.25, 0.3) is 0 Å². The molecule has 0 spiro atoms. The van der Waals surface area contributed by atoms with Crippen LogP contribution >= 0.6 is 10.7 Å². The van der Waals surface area contributed by atoms with Crippen LogP contribution in [0.2, 0.25) is 0 Å². The summed E-state index contributed by atoms with van der Waals surface area (Å²) in [6.07, 6.45) is 2.99. The van der Waals surface area contributed by atoms with E-state index in [9.17, 15) is 13.2 Å². The Balaban J connectivity index is 2.16. The van der Waals surface area contributed by atoms with Crippen molar-refractivity contribution in [3.63, 3.8) is 0 Å². The fourth-order valence-corrected chi connectivity index (χ4v) is 3.22. The minimum absolute atomic E-state index is 0.0394. The molecule has 2 atom stereocenters. The highest BCUT2D eigenvalue weighted by atomic mass is 35.7. The Hall–Kier alpha value is -1.05. The van der Waals surface area contributed by atoms with Crippen molar-refractivity contribution in [3.8, 4) is 0 Å². The normalized spacial score (nSPS) is 23.0. The highest BCUT2D eigenvalue weighted by Gasteiger charge is 2.24. The van der Waals surface area contributed by atoms with Crippen molar-refractivity contribution in [2.75, 3.05) is 6.61 Å². The lowest BCUT2D eigenvalue weighted by atomic mass is 10.0. The lowest BCUT2D eigenvalue weighted by Gasteiger charge is -2.28. The first kappa shape index (κ1) is 16.3. The molecule has 2 heterocycles. The van der Waals surface area contributed by atoms with E-state index in [4.69, 9.17) is 15.4 Å². The van der Waals surface area contributed by atoms with Gasteiger partial charge in [0.1, 0.15) is 10.6 Å². The van der Waals surface area contributed by atoms with Gasteiger partial charge in [-0.3, -0.25) is 4.79 Å². The molecule has 0 bridgehead atoms. The molecular formula is C13H19ClN2O4S. The molecule has 0 radical (unpaired) electrons. The summed E-state index contributed by atoms with van der Waals surface area (Å²) in [5, 5.41) is 2.93. The van der Waals surface area contributed by atoms with E-state index in [1.54, 1.807) is 4.57 Å². The van der Waals surface area contributed by atoms with Gasteiger partial charge in [-0.2, -0.15) is 0 Å². The van der Waals surface area contributed by atoms with Gasteiger partial charge in [0.15, 0.2) is 0 Å². The zero-order valence-corrected chi connectivity index (χ0v) is 13.6. The highest BCUT2D eigenvalue weighted by molar-refractivity contribution is 8.13. The van der Waals surface area contributed by atoms with E-state index < -0.39 is 9.05 Å². The number of nitrogens with zero attached hydrogens (tertiary/aromatic N) is 1. The van der Waals surface area contributed by atoms with Crippen molar-refractivity contribution < 1.29 is 17.9 Å². The Kier molecular flexibility index (Phi) is 4.95. The molecule has 1 fully saturated rings. The summed E-state index contributed by atoms with van der Waals surface area (Å²) in [6.45, 7) is 4.89. The van der Waals surface area contributed by atoms with Gasteiger partial charge in [0, 0.05) is 36.1 Å². The zero-order chi connectivity index (χ0) is 15.6. The average molecular weight is 335 g/mol. The molecular weight excluding hydrogens is 316 g/mol. The predicted molar refractivity (Wildman–Crippen MR) is 79.0 cm³/mol. The maximum Gasteiger partial charge on any atom is 0.268 e.